The fourth-order valence-corrected chi connectivity index (χ4v) is 1.10. The molecule has 9 heavy (non-hydrogen) atoms. The van der Waals surface area contributed by atoms with Gasteiger partial charge in [0.1, 0.15) is 0 Å². The van der Waals surface area contributed by atoms with E-state index in [-0.39, 0.29) is 2.85 Å². The Balaban J connectivity index is 0. The van der Waals surface area contributed by atoms with Crippen LogP contribution in [0.5, 0.6) is 0 Å². The van der Waals surface area contributed by atoms with Gasteiger partial charge in [-0.3, -0.25) is 0 Å². The van der Waals surface area contributed by atoms with Crippen LogP contribution in [0.3, 0.4) is 0 Å². The van der Waals surface area contributed by atoms with Gasteiger partial charge in [0, 0.05) is 2.85 Å². The van der Waals surface area contributed by atoms with Crippen LogP contribution in [0.4, 0.5) is 0 Å². The maximum absolute atomic E-state index is 8.66. The molecule has 0 bridgehead atoms. The SMILES string of the molecule is OB(O)C1=CCCCC1.[HH].[HH]. The molecule has 54 valence electrons. The Morgan fingerprint density at radius 1 is 1.44 bits per heavy atom. The quantitative estimate of drug-likeness (QED) is 0.519. The number of hydrogen-bond donors (Lipinski definition) is 2. The Hall–Kier alpha value is -0.275. The summed E-state index contributed by atoms with van der Waals surface area (Å²) in [6, 6.07) is 0. The van der Waals surface area contributed by atoms with Gasteiger partial charge in [-0.05, 0) is 31.2 Å². The molecule has 0 saturated heterocycles. The second-order valence-corrected chi connectivity index (χ2v) is 2.40. The van der Waals surface area contributed by atoms with Crippen molar-refractivity contribution < 1.29 is 12.9 Å². The van der Waals surface area contributed by atoms with E-state index in [1.807, 2.05) is 6.08 Å². The van der Waals surface area contributed by atoms with Crippen LogP contribution in [0.1, 0.15) is 28.5 Å². The lowest BCUT2D eigenvalue weighted by atomic mass is 9.74. The third-order valence-electron chi connectivity index (χ3n) is 1.66. The van der Waals surface area contributed by atoms with Gasteiger partial charge in [0.05, 0.1) is 0 Å². The average molecular weight is 130 g/mol. The summed E-state index contributed by atoms with van der Waals surface area (Å²) < 4.78 is 0. The lowest BCUT2D eigenvalue weighted by Gasteiger charge is -2.10. The third-order valence-corrected chi connectivity index (χ3v) is 1.66. The molecule has 0 spiro atoms. The Kier molecular flexibility index (Phi) is 2.31. The molecule has 0 fully saturated rings. The van der Waals surface area contributed by atoms with Crippen molar-refractivity contribution in [3.05, 3.63) is 11.5 Å². The van der Waals surface area contributed by atoms with Crippen molar-refractivity contribution in [1.82, 2.24) is 0 Å². The van der Waals surface area contributed by atoms with Gasteiger partial charge in [-0.25, -0.2) is 0 Å². The molecule has 0 unspecified atom stereocenters. The van der Waals surface area contributed by atoms with Gasteiger partial charge < -0.3 is 10.0 Å². The highest BCUT2D eigenvalue weighted by atomic mass is 16.4. The minimum absolute atomic E-state index is 0. The Labute approximate surface area is 58.3 Å². The first-order valence-corrected chi connectivity index (χ1v) is 3.36. The van der Waals surface area contributed by atoms with Crippen LogP contribution in [-0.2, 0) is 0 Å². The van der Waals surface area contributed by atoms with Gasteiger partial charge >= 0.3 is 7.12 Å². The molecule has 3 heteroatoms. The van der Waals surface area contributed by atoms with Gasteiger partial charge in [0.2, 0.25) is 0 Å². The lowest BCUT2D eigenvalue weighted by molar-refractivity contribution is 0.414. The molecular weight excluding hydrogens is 115 g/mol. The van der Waals surface area contributed by atoms with E-state index in [4.69, 9.17) is 10.0 Å². The second kappa shape index (κ2) is 3.04. The van der Waals surface area contributed by atoms with E-state index in [9.17, 15) is 0 Å². The zero-order chi connectivity index (χ0) is 6.69. The van der Waals surface area contributed by atoms with Gasteiger partial charge in [0.25, 0.3) is 0 Å². The van der Waals surface area contributed by atoms with Crippen molar-refractivity contribution in [3.63, 3.8) is 0 Å². The summed E-state index contributed by atoms with van der Waals surface area (Å²) in [4.78, 5) is 0. The first kappa shape index (κ1) is 6.84. The minimum atomic E-state index is -1.20. The van der Waals surface area contributed by atoms with Crippen LogP contribution >= 0.6 is 0 Å². The van der Waals surface area contributed by atoms with E-state index in [0.29, 0.717) is 0 Å². The molecule has 2 nitrogen and oxygen atoms in total. The molecular formula is C6H15BO2. The van der Waals surface area contributed by atoms with Crippen molar-refractivity contribution in [2.24, 2.45) is 0 Å². The predicted octanol–water partition coefficient (Wildman–Crippen LogP) is 0.991. The highest BCUT2D eigenvalue weighted by molar-refractivity contribution is 6.50. The van der Waals surface area contributed by atoms with Crippen LogP contribution in [-0.4, -0.2) is 17.2 Å². The zero-order valence-corrected chi connectivity index (χ0v) is 5.38. The third kappa shape index (κ3) is 1.84. The van der Waals surface area contributed by atoms with Gasteiger partial charge in [-0.2, -0.15) is 0 Å². The monoisotopic (exact) mass is 130 g/mol. The van der Waals surface area contributed by atoms with E-state index in [2.05, 4.69) is 0 Å². The molecule has 1 aliphatic carbocycles. The van der Waals surface area contributed by atoms with Gasteiger partial charge in [0.15, 0.2) is 0 Å². The van der Waals surface area contributed by atoms with E-state index in [1.165, 1.54) is 6.42 Å². The predicted molar refractivity (Wildman–Crippen MR) is 41.0 cm³/mol. The van der Waals surface area contributed by atoms with Crippen molar-refractivity contribution in [2.75, 3.05) is 0 Å². The molecule has 0 atom stereocenters. The summed E-state index contributed by atoms with van der Waals surface area (Å²) in [7, 11) is -1.20. The number of hydrogen-bond acceptors (Lipinski definition) is 2. The fraction of sp³-hybridized carbons (Fsp3) is 0.667. The topological polar surface area (TPSA) is 40.5 Å². The molecule has 0 aromatic carbocycles. The summed E-state index contributed by atoms with van der Waals surface area (Å²) in [5.74, 6) is 0. The summed E-state index contributed by atoms with van der Waals surface area (Å²) in [5, 5.41) is 17.3. The van der Waals surface area contributed by atoms with Crippen LogP contribution in [0.25, 0.3) is 0 Å². The average Bonchev–Trinajstić information content (AvgIpc) is 1.90. The summed E-state index contributed by atoms with van der Waals surface area (Å²) in [6.45, 7) is 0. The summed E-state index contributed by atoms with van der Waals surface area (Å²) >= 11 is 0. The molecule has 0 radical (unpaired) electrons. The maximum atomic E-state index is 8.66. The van der Waals surface area contributed by atoms with Crippen LogP contribution in [0, 0.1) is 0 Å². The van der Waals surface area contributed by atoms with Gasteiger partial charge in [-0.1, -0.05) is 6.08 Å². The Bertz CT molecular complexity index is 128. The highest BCUT2D eigenvalue weighted by Crippen LogP contribution is 2.17. The summed E-state index contributed by atoms with van der Waals surface area (Å²) in [5.41, 5.74) is 0.793. The molecule has 0 aromatic heterocycles. The molecule has 0 aromatic rings. The van der Waals surface area contributed by atoms with E-state index >= 15 is 0 Å². The van der Waals surface area contributed by atoms with Crippen molar-refractivity contribution >= 4 is 7.12 Å². The van der Waals surface area contributed by atoms with Gasteiger partial charge in [-0.15, -0.1) is 0 Å². The molecule has 0 amide bonds. The molecule has 2 N–H and O–H groups in total. The fourth-order valence-electron chi connectivity index (χ4n) is 1.10. The molecule has 1 aliphatic rings. The van der Waals surface area contributed by atoms with Crippen LogP contribution < -0.4 is 0 Å². The number of allylic oxidation sites excluding steroid dienone is 2. The zero-order valence-electron chi connectivity index (χ0n) is 5.38. The normalized spacial score (nSPS) is 19.1. The van der Waals surface area contributed by atoms with Crippen molar-refractivity contribution in [3.8, 4) is 0 Å². The lowest BCUT2D eigenvalue weighted by Crippen LogP contribution is -2.16. The largest absolute Gasteiger partial charge is 0.483 e. The maximum Gasteiger partial charge on any atom is 0.483 e. The van der Waals surface area contributed by atoms with Crippen molar-refractivity contribution in [1.29, 1.82) is 0 Å². The first-order chi connectivity index (χ1) is 4.30. The van der Waals surface area contributed by atoms with E-state index in [1.54, 1.807) is 0 Å². The minimum Gasteiger partial charge on any atom is -0.423 e. The van der Waals surface area contributed by atoms with E-state index < -0.39 is 7.12 Å². The van der Waals surface area contributed by atoms with Crippen LogP contribution in [0.2, 0.25) is 0 Å². The Morgan fingerprint density at radius 3 is 2.56 bits per heavy atom. The van der Waals surface area contributed by atoms with Crippen molar-refractivity contribution in [2.45, 2.75) is 25.7 Å². The van der Waals surface area contributed by atoms with E-state index in [0.717, 1.165) is 24.7 Å². The molecule has 0 heterocycles. The molecule has 1 rings (SSSR count). The standard InChI is InChI=1S/C6H11BO2.2H2/c8-7(9)6-4-2-1-3-5-6;;/h4,8-9H,1-3,5H2;2*1H. The smallest absolute Gasteiger partial charge is 0.423 e. The molecule has 0 saturated carbocycles. The second-order valence-electron chi connectivity index (χ2n) is 2.40. The number of rotatable bonds is 1. The highest BCUT2D eigenvalue weighted by Gasteiger charge is 2.15. The Morgan fingerprint density at radius 2 is 2.22 bits per heavy atom. The summed E-state index contributed by atoms with van der Waals surface area (Å²) in [6.07, 6.45) is 6.08. The first-order valence-electron chi connectivity index (χ1n) is 3.36. The molecule has 0 aliphatic heterocycles. The van der Waals surface area contributed by atoms with Crippen LogP contribution in [0.15, 0.2) is 11.5 Å².